The molecule has 6 heteroatoms. The molecule has 4 nitrogen and oxygen atoms in total. The minimum absolute atomic E-state index is 0.681. The fourth-order valence-corrected chi connectivity index (χ4v) is 1.95. The molecule has 0 aliphatic heterocycles. The predicted molar refractivity (Wildman–Crippen MR) is 57.7 cm³/mol. The van der Waals surface area contributed by atoms with Gasteiger partial charge in [-0.05, 0) is 11.4 Å². The van der Waals surface area contributed by atoms with Gasteiger partial charge in [-0.15, -0.1) is 16.4 Å². The number of thiophene rings is 1. The highest BCUT2D eigenvalue weighted by atomic mass is 35.5. The topological polar surface area (TPSA) is 42.7 Å². The van der Waals surface area contributed by atoms with Crippen molar-refractivity contribution in [1.29, 1.82) is 0 Å². The van der Waals surface area contributed by atoms with Crippen LogP contribution in [-0.2, 0) is 13.6 Å². The van der Waals surface area contributed by atoms with E-state index in [4.69, 9.17) is 11.6 Å². The first kappa shape index (κ1) is 9.48. The van der Waals surface area contributed by atoms with Crippen molar-refractivity contribution in [2.75, 3.05) is 5.32 Å². The van der Waals surface area contributed by atoms with Crippen LogP contribution in [-0.4, -0.2) is 15.0 Å². The van der Waals surface area contributed by atoms with Crippen molar-refractivity contribution in [2.24, 2.45) is 7.05 Å². The van der Waals surface area contributed by atoms with Crippen LogP contribution < -0.4 is 5.32 Å². The highest BCUT2D eigenvalue weighted by Gasteiger charge is 2.02. The zero-order valence-electron chi connectivity index (χ0n) is 7.57. The van der Waals surface area contributed by atoms with Crippen LogP contribution in [0.15, 0.2) is 17.6 Å². The Balaban J connectivity index is 2.02. The second-order valence-corrected chi connectivity index (χ2v) is 4.33. The molecular weight excluding hydrogens is 220 g/mol. The highest BCUT2D eigenvalue weighted by Crippen LogP contribution is 2.27. The molecule has 0 aliphatic rings. The molecule has 0 radical (unpaired) electrons. The molecule has 2 rings (SSSR count). The van der Waals surface area contributed by atoms with Crippen LogP contribution in [0.25, 0.3) is 0 Å². The lowest BCUT2D eigenvalue weighted by Crippen LogP contribution is -2.04. The van der Waals surface area contributed by atoms with Gasteiger partial charge in [-0.2, -0.15) is 0 Å². The van der Waals surface area contributed by atoms with E-state index < -0.39 is 0 Å². The minimum Gasteiger partial charge on any atom is -0.377 e. The molecule has 0 bridgehead atoms. The van der Waals surface area contributed by atoms with Gasteiger partial charge >= 0.3 is 0 Å². The molecule has 0 atom stereocenters. The van der Waals surface area contributed by atoms with Gasteiger partial charge in [-0.1, -0.05) is 16.8 Å². The smallest absolute Gasteiger partial charge is 0.116 e. The van der Waals surface area contributed by atoms with E-state index in [1.54, 1.807) is 10.9 Å². The summed E-state index contributed by atoms with van der Waals surface area (Å²) in [5.41, 5.74) is 1.98. The maximum atomic E-state index is 5.94. The molecule has 2 aromatic heterocycles. The molecule has 0 saturated carbocycles. The Morgan fingerprint density at radius 3 is 3.07 bits per heavy atom. The van der Waals surface area contributed by atoms with Crippen LogP contribution >= 0.6 is 22.9 Å². The molecule has 0 aliphatic carbocycles. The summed E-state index contributed by atoms with van der Waals surface area (Å²) in [6.45, 7) is 0.681. The Kier molecular flexibility index (Phi) is 2.69. The largest absolute Gasteiger partial charge is 0.377 e. The van der Waals surface area contributed by atoms with Crippen LogP contribution in [0, 0.1) is 0 Å². The van der Waals surface area contributed by atoms with E-state index in [-0.39, 0.29) is 0 Å². The number of aromatic nitrogens is 3. The van der Waals surface area contributed by atoms with Gasteiger partial charge in [-0.25, -0.2) is 0 Å². The summed E-state index contributed by atoms with van der Waals surface area (Å²) in [5.74, 6) is 0. The first-order valence-electron chi connectivity index (χ1n) is 4.08. The maximum absolute atomic E-state index is 5.94. The summed E-state index contributed by atoms with van der Waals surface area (Å²) in [6, 6.07) is 1.96. The lowest BCUT2D eigenvalue weighted by Gasteiger charge is -2.03. The summed E-state index contributed by atoms with van der Waals surface area (Å²) in [5, 5.41) is 12.8. The van der Waals surface area contributed by atoms with Crippen molar-refractivity contribution in [2.45, 2.75) is 6.54 Å². The monoisotopic (exact) mass is 228 g/mol. The zero-order valence-corrected chi connectivity index (χ0v) is 9.14. The SMILES string of the molecule is Cn1nncc1CNc1ccsc1Cl. The van der Waals surface area contributed by atoms with Crippen molar-refractivity contribution >= 4 is 28.6 Å². The molecule has 2 aromatic rings. The van der Waals surface area contributed by atoms with Crippen LogP contribution in [0.2, 0.25) is 4.34 Å². The Bertz CT molecular complexity index is 382. The quantitative estimate of drug-likeness (QED) is 0.876. The van der Waals surface area contributed by atoms with E-state index in [9.17, 15) is 0 Å². The number of rotatable bonds is 3. The van der Waals surface area contributed by atoms with Gasteiger partial charge in [0.05, 0.1) is 24.1 Å². The zero-order chi connectivity index (χ0) is 9.97. The van der Waals surface area contributed by atoms with Crippen molar-refractivity contribution in [1.82, 2.24) is 15.0 Å². The van der Waals surface area contributed by atoms with Crippen LogP contribution in [0.5, 0.6) is 0 Å². The van der Waals surface area contributed by atoms with E-state index in [1.807, 2.05) is 18.5 Å². The summed E-state index contributed by atoms with van der Waals surface area (Å²) in [7, 11) is 1.86. The van der Waals surface area contributed by atoms with Crippen LogP contribution in [0.4, 0.5) is 5.69 Å². The molecule has 0 amide bonds. The van der Waals surface area contributed by atoms with Gasteiger partial charge in [0, 0.05) is 7.05 Å². The fraction of sp³-hybridized carbons (Fsp3) is 0.250. The Morgan fingerprint density at radius 2 is 2.50 bits per heavy atom. The molecular formula is C8H9ClN4S. The fourth-order valence-electron chi connectivity index (χ4n) is 1.08. The average molecular weight is 229 g/mol. The van der Waals surface area contributed by atoms with Gasteiger partial charge in [0.2, 0.25) is 0 Å². The molecule has 0 unspecified atom stereocenters. The van der Waals surface area contributed by atoms with E-state index in [2.05, 4.69) is 15.6 Å². The lowest BCUT2D eigenvalue weighted by molar-refractivity contribution is 0.683. The molecule has 2 heterocycles. The third-order valence-corrected chi connectivity index (χ3v) is 3.06. The number of hydrogen-bond donors (Lipinski definition) is 1. The van der Waals surface area contributed by atoms with Crippen LogP contribution in [0.3, 0.4) is 0 Å². The standard InChI is InChI=1S/C8H9ClN4S/c1-13-6(5-11-12-13)4-10-7-2-3-14-8(7)9/h2-3,5,10H,4H2,1H3. The second-order valence-electron chi connectivity index (χ2n) is 2.81. The second kappa shape index (κ2) is 3.98. The third-order valence-electron chi connectivity index (χ3n) is 1.89. The maximum Gasteiger partial charge on any atom is 0.116 e. The third kappa shape index (κ3) is 1.88. The molecule has 14 heavy (non-hydrogen) atoms. The summed E-state index contributed by atoms with van der Waals surface area (Å²) in [6.07, 6.45) is 1.73. The average Bonchev–Trinajstić information content (AvgIpc) is 2.72. The summed E-state index contributed by atoms with van der Waals surface area (Å²) in [4.78, 5) is 0. The molecule has 0 fully saturated rings. The van der Waals surface area contributed by atoms with Crippen molar-refractivity contribution in [3.05, 3.63) is 27.7 Å². The predicted octanol–water partition coefficient (Wildman–Crippen LogP) is 2.14. The van der Waals surface area contributed by atoms with Gasteiger partial charge in [-0.3, -0.25) is 4.68 Å². The summed E-state index contributed by atoms with van der Waals surface area (Å²) >= 11 is 7.45. The Hall–Kier alpha value is -1.07. The van der Waals surface area contributed by atoms with Gasteiger partial charge in [0.15, 0.2) is 0 Å². The normalized spacial score (nSPS) is 10.4. The number of halogens is 1. The highest BCUT2D eigenvalue weighted by molar-refractivity contribution is 7.15. The first-order valence-corrected chi connectivity index (χ1v) is 5.33. The molecule has 1 N–H and O–H groups in total. The number of nitrogens with zero attached hydrogens (tertiary/aromatic N) is 3. The number of nitrogens with one attached hydrogen (secondary N) is 1. The van der Waals surface area contributed by atoms with Gasteiger partial charge in [0.25, 0.3) is 0 Å². The molecule has 0 spiro atoms. The molecule has 74 valence electrons. The van der Waals surface area contributed by atoms with E-state index in [0.717, 1.165) is 15.7 Å². The Labute approximate surface area is 90.5 Å². The minimum atomic E-state index is 0.681. The lowest BCUT2D eigenvalue weighted by atomic mass is 10.4. The summed E-state index contributed by atoms with van der Waals surface area (Å²) < 4.78 is 2.51. The first-order chi connectivity index (χ1) is 6.77. The van der Waals surface area contributed by atoms with Crippen molar-refractivity contribution in [3.63, 3.8) is 0 Å². The van der Waals surface area contributed by atoms with Crippen LogP contribution in [0.1, 0.15) is 5.69 Å². The van der Waals surface area contributed by atoms with Crippen molar-refractivity contribution in [3.8, 4) is 0 Å². The van der Waals surface area contributed by atoms with Gasteiger partial charge in [0.1, 0.15) is 4.34 Å². The molecule has 0 saturated heterocycles. The van der Waals surface area contributed by atoms with E-state index in [1.165, 1.54) is 11.3 Å². The van der Waals surface area contributed by atoms with E-state index in [0.29, 0.717) is 6.54 Å². The van der Waals surface area contributed by atoms with Crippen molar-refractivity contribution < 1.29 is 0 Å². The Morgan fingerprint density at radius 1 is 1.64 bits per heavy atom. The number of anilines is 1. The number of hydrogen-bond acceptors (Lipinski definition) is 4. The van der Waals surface area contributed by atoms with E-state index >= 15 is 0 Å². The van der Waals surface area contributed by atoms with Gasteiger partial charge < -0.3 is 5.32 Å². The molecule has 0 aromatic carbocycles. The number of aryl methyl sites for hydroxylation is 1.